The van der Waals surface area contributed by atoms with Crippen molar-refractivity contribution < 1.29 is 14.1 Å². The molecule has 2 aliphatic rings. The number of aliphatic imine (C=N–C) groups is 2. The van der Waals surface area contributed by atoms with Crippen molar-refractivity contribution in [3.8, 4) is 11.4 Å². The largest absolute Gasteiger partial charge is 0.462 e. The Labute approximate surface area is 223 Å². The van der Waals surface area contributed by atoms with E-state index >= 15 is 0 Å². The highest BCUT2D eigenvalue weighted by Gasteiger charge is 2.35. The van der Waals surface area contributed by atoms with Crippen LogP contribution in [-0.2, 0) is 11.3 Å². The van der Waals surface area contributed by atoms with Gasteiger partial charge in [0.2, 0.25) is 5.82 Å². The van der Waals surface area contributed by atoms with Crippen LogP contribution in [0.5, 0.6) is 0 Å². The molecule has 0 radical (unpaired) electrons. The molecule has 6 rings (SSSR count). The quantitative estimate of drug-likeness (QED) is 0.379. The number of aromatic nitrogens is 4. The molecule has 2 atom stereocenters. The maximum atomic E-state index is 11.7. The van der Waals surface area contributed by atoms with E-state index in [2.05, 4.69) is 54.4 Å². The fraction of sp³-hybridized carbons (Fsp3) is 0.138. The molecule has 0 saturated carbocycles. The number of hydrogen-bond donors (Lipinski definition) is 1. The Bertz CT molecular complexity index is 1620. The van der Waals surface area contributed by atoms with Crippen LogP contribution in [0.2, 0.25) is 0 Å². The molecule has 0 spiro atoms. The number of pyridine rings is 2. The maximum Gasteiger partial charge on any atom is 0.397 e. The van der Waals surface area contributed by atoms with Gasteiger partial charge in [-0.3, -0.25) is 15.0 Å². The van der Waals surface area contributed by atoms with Crippen LogP contribution in [0.25, 0.3) is 11.4 Å². The third-order valence-electron chi connectivity index (χ3n) is 6.43. The number of methoxy groups -OCH3 is 1. The number of rotatable bonds is 6. The Hall–Kier alpha value is -5.25. The number of carbonyl (C=O) groups is 1. The molecule has 0 fully saturated rings. The molecule has 1 N–H and O–H groups in total. The lowest BCUT2D eigenvalue weighted by Crippen LogP contribution is -2.40. The van der Waals surface area contributed by atoms with Crippen LogP contribution in [0.1, 0.15) is 33.4 Å². The first-order valence-corrected chi connectivity index (χ1v) is 12.3. The lowest BCUT2D eigenvalue weighted by molar-refractivity contribution is 0.0545. The van der Waals surface area contributed by atoms with Gasteiger partial charge >= 0.3 is 11.9 Å². The highest BCUT2D eigenvalue weighted by Crippen LogP contribution is 2.37. The number of amidine groups is 2. The molecule has 3 aromatic heterocycles. The Morgan fingerprint density at radius 3 is 2.77 bits per heavy atom. The predicted molar refractivity (Wildman–Crippen MR) is 144 cm³/mol. The topological polar surface area (TPSA) is 128 Å². The molecular formula is C29H23N7O3. The number of benzene rings is 1. The van der Waals surface area contributed by atoms with Crippen molar-refractivity contribution in [1.82, 2.24) is 25.4 Å². The van der Waals surface area contributed by atoms with Crippen LogP contribution in [0.15, 0.2) is 112 Å². The van der Waals surface area contributed by atoms with E-state index in [1.54, 1.807) is 18.6 Å². The first-order chi connectivity index (χ1) is 19.2. The van der Waals surface area contributed by atoms with E-state index in [1.165, 1.54) is 12.7 Å². The van der Waals surface area contributed by atoms with Gasteiger partial charge in [-0.2, -0.15) is 4.98 Å². The molecule has 1 aliphatic carbocycles. The van der Waals surface area contributed by atoms with Crippen LogP contribution >= 0.6 is 0 Å². The Kier molecular flexibility index (Phi) is 6.57. The number of esters is 1. The van der Waals surface area contributed by atoms with E-state index in [-0.39, 0.29) is 23.6 Å². The van der Waals surface area contributed by atoms with Crippen molar-refractivity contribution in [3.63, 3.8) is 0 Å². The first kappa shape index (κ1) is 24.1. The van der Waals surface area contributed by atoms with E-state index in [4.69, 9.17) is 14.5 Å². The summed E-state index contributed by atoms with van der Waals surface area (Å²) in [5.74, 6) is 0.521. The van der Waals surface area contributed by atoms with Gasteiger partial charge in [-0.1, -0.05) is 53.7 Å². The highest BCUT2D eigenvalue weighted by molar-refractivity contribution is 6.11. The average Bonchev–Trinajstić information content (AvgIpc) is 3.51. The summed E-state index contributed by atoms with van der Waals surface area (Å²) in [6.45, 7) is 0.402. The molecule has 10 heteroatoms. The number of carbonyl (C=O) groups excluding carboxylic acids is 1. The van der Waals surface area contributed by atoms with Gasteiger partial charge in [0.25, 0.3) is 0 Å². The van der Waals surface area contributed by atoms with Gasteiger partial charge in [-0.15, -0.1) is 0 Å². The molecule has 1 aromatic carbocycles. The van der Waals surface area contributed by atoms with Crippen molar-refractivity contribution in [2.45, 2.75) is 12.5 Å². The summed E-state index contributed by atoms with van der Waals surface area (Å²) >= 11 is 0. The number of fused-ring (bicyclic) bond motifs is 1. The summed E-state index contributed by atoms with van der Waals surface area (Å²) in [5.41, 5.74) is 4.28. The summed E-state index contributed by atoms with van der Waals surface area (Å²) in [5, 5.41) is 7.39. The van der Waals surface area contributed by atoms with Crippen LogP contribution in [0.4, 0.5) is 0 Å². The molecule has 10 nitrogen and oxygen atoms in total. The van der Waals surface area contributed by atoms with Crippen molar-refractivity contribution in [3.05, 3.63) is 120 Å². The molecule has 0 amide bonds. The number of allylic oxidation sites excluding steroid dienone is 3. The van der Waals surface area contributed by atoms with Gasteiger partial charge in [0.15, 0.2) is 0 Å². The van der Waals surface area contributed by atoms with E-state index < -0.39 is 5.97 Å². The van der Waals surface area contributed by atoms with E-state index in [0.717, 1.165) is 11.4 Å². The summed E-state index contributed by atoms with van der Waals surface area (Å²) in [4.78, 5) is 34.6. The molecule has 0 saturated heterocycles. The van der Waals surface area contributed by atoms with Gasteiger partial charge in [0.05, 0.1) is 25.3 Å². The third-order valence-corrected chi connectivity index (χ3v) is 6.43. The van der Waals surface area contributed by atoms with Crippen LogP contribution < -0.4 is 5.32 Å². The fourth-order valence-corrected chi connectivity index (χ4v) is 4.56. The molecule has 0 bridgehead atoms. The second-order valence-electron chi connectivity index (χ2n) is 8.88. The summed E-state index contributed by atoms with van der Waals surface area (Å²) in [6.07, 6.45) is 11.3. The number of nitrogens with zero attached hydrogens (tertiary/aromatic N) is 6. The molecule has 39 heavy (non-hydrogen) atoms. The molecule has 1 aliphatic heterocycles. The van der Waals surface area contributed by atoms with Crippen LogP contribution in [0, 0.1) is 5.92 Å². The SMILES string of the molecule is COC(=O)c1nc(-c2cncc(C3=NC(=NCc4ccccn4)C4C(=CC=CC4c4ccccc4)N3)c2)no1. The Morgan fingerprint density at radius 1 is 1.10 bits per heavy atom. The van der Waals surface area contributed by atoms with Crippen molar-refractivity contribution in [2.24, 2.45) is 15.9 Å². The van der Waals surface area contributed by atoms with E-state index in [1.807, 2.05) is 48.5 Å². The Morgan fingerprint density at radius 2 is 1.95 bits per heavy atom. The first-order valence-electron chi connectivity index (χ1n) is 12.3. The average molecular weight is 518 g/mol. The summed E-state index contributed by atoms with van der Waals surface area (Å²) < 4.78 is 9.67. The zero-order valence-corrected chi connectivity index (χ0v) is 20.9. The second kappa shape index (κ2) is 10.6. The van der Waals surface area contributed by atoms with Gasteiger partial charge in [0.1, 0.15) is 11.7 Å². The number of nitrogens with one attached hydrogen (secondary N) is 1. The molecule has 4 aromatic rings. The normalized spacial score (nSPS) is 19.1. The smallest absolute Gasteiger partial charge is 0.397 e. The monoisotopic (exact) mass is 517 g/mol. The third kappa shape index (κ3) is 4.99. The molecular weight excluding hydrogens is 494 g/mol. The lowest BCUT2D eigenvalue weighted by Gasteiger charge is -2.34. The van der Waals surface area contributed by atoms with Crippen molar-refractivity contribution >= 4 is 17.6 Å². The van der Waals surface area contributed by atoms with Crippen LogP contribution in [-0.4, -0.2) is 44.9 Å². The van der Waals surface area contributed by atoms with Gasteiger partial charge in [-0.25, -0.2) is 9.79 Å². The zero-order valence-electron chi connectivity index (χ0n) is 20.9. The molecule has 2 unspecified atom stereocenters. The predicted octanol–water partition coefficient (Wildman–Crippen LogP) is 4.12. The fourth-order valence-electron chi connectivity index (χ4n) is 4.56. The number of ether oxygens (including phenoxy) is 1. The minimum absolute atomic E-state index is 0.0621. The van der Waals surface area contributed by atoms with Crippen LogP contribution in [0.3, 0.4) is 0 Å². The Balaban J connectivity index is 1.39. The van der Waals surface area contributed by atoms with Crippen molar-refractivity contribution in [1.29, 1.82) is 0 Å². The zero-order chi connectivity index (χ0) is 26.6. The lowest BCUT2D eigenvalue weighted by atomic mass is 9.79. The van der Waals surface area contributed by atoms with E-state index in [0.29, 0.717) is 29.3 Å². The van der Waals surface area contributed by atoms with Gasteiger partial charge in [0, 0.05) is 41.3 Å². The minimum atomic E-state index is -0.707. The second-order valence-corrected chi connectivity index (χ2v) is 8.88. The molecule has 192 valence electrons. The van der Waals surface area contributed by atoms with Crippen molar-refractivity contribution in [2.75, 3.05) is 7.11 Å². The summed E-state index contributed by atoms with van der Waals surface area (Å²) in [6, 6.07) is 17.9. The maximum absolute atomic E-state index is 11.7. The minimum Gasteiger partial charge on any atom is -0.462 e. The summed E-state index contributed by atoms with van der Waals surface area (Å²) in [7, 11) is 1.25. The molecule has 4 heterocycles. The number of hydrogen-bond acceptors (Lipinski definition) is 9. The standard InChI is InChI=1S/C29H23N7O3/c1-38-29(37)28-35-26(36-39-28)20-14-19(15-30-16-20)25-33-23-12-7-11-22(18-8-3-2-4-9-18)24(23)27(34-25)32-17-21-10-5-6-13-31-21/h2-16,22,24H,17H2,1H3,(H,32,33,34). The van der Waals surface area contributed by atoms with Gasteiger partial charge in [-0.05, 0) is 29.8 Å². The highest BCUT2D eigenvalue weighted by atomic mass is 16.6. The van der Waals surface area contributed by atoms with Gasteiger partial charge < -0.3 is 14.6 Å². The van der Waals surface area contributed by atoms with E-state index in [9.17, 15) is 4.79 Å².